The maximum atomic E-state index is 11.7. The first-order chi connectivity index (χ1) is 14.8. The van der Waals surface area contributed by atoms with Crippen LogP contribution in [0.25, 0.3) is 0 Å². The molecule has 4 aliphatic rings. The molecule has 0 aromatic carbocycles. The van der Waals surface area contributed by atoms with Crippen molar-refractivity contribution >= 4 is 0 Å². The van der Waals surface area contributed by atoms with Gasteiger partial charge < -0.3 is 10.2 Å². The Labute approximate surface area is 198 Å². The van der Waals surface area contributed by atoms with E-state index in [4.69, 9.17) is 0 Å². The quantitative estimate of drug-likeness (QED) is 0.448. The lowest BCUT2D eigenvalue weighted by atomic mass is 9.35. The van der Waals surface area contributed by atoms with Gasteiger partial charge in [-0.3, -0.25) is 0 Å². The van der Waals surface area contributed by atoms with Crippen molar-refractivity contribution in [3.8, 4) is 0 Å². The lowest BCUT2D eigenvalue weighted by Gasteiger charge is -2.70. The van der Waals surface area contributed by atoms with Gasteiger partial charge in [0, 0.05) is 0 Å². The Morgan fingerprint density at radius 3 is 2.22 bits per heavy atom. The van der Waals surface area contributed by atoms with Crippen molar-refractivity contribution in [3.05, 3.63) is 23.8 Å². The second-order valence-corrected chi connectivity index (χ2v) is 13.8. The van der Waals surface area contributed by atoms with Crippen molar-refractivity contribution < 1.29 is 10.2 Å². The van der Waals surface area contributed by atoms with Gasteiger partial charge >= 0.3 is 0 Å². The van der Waals surface area contributed by atoms with Crippen LogP contribution in [0.4, 0.5) is 0 Å². The highest BCUT2D eigenvalue weighted by Crippen LogP contribution is 2.75. The van der Waals surface area contributed by atoms with Crippen LogP contribution in [0.15, 0.2) is 23.8 Å². The van der Waals surface area contributed by atoms with Gasteiger partial charge in [-0.2, -0.15) is 0 Å². The van der Waals surface area contributed by atoms with E-state index in [2.05, 4.69) is 61.1 Å². The summed E-state index contributed by atoms with van der Waals surface area (Å²) >= 11 is 0. The first kappa shape index (κ1) is 24.5. The minimum atomic E-state index is -0.226. The molecule has 2 nitrogen and oxygen atoms in total. The van der Waals surface area contributed by atoms with Crippen LogP contribution in [0.3, 0.4) is 0 Å². The van der Waals surface area contributed by atoms with Gasteiger partial charge in [-0.15, -0.1) is 0 Å². The molecule has 182 valence electrons. The molecule has 4 aliphatic carbocycles. The molecule has 2 N–H and O–H groups in total. The molecule has 0 aromatic rings. The molecule has 0 amide bonds. The summed E-state index contributed by atoms with van der Waals surface area (Å²) in [7, 11) is 0. The fourth-order valence-corrected chi connectivity index (χ4v) is 9.94. The Morgan fingerprint density at radius 2 is 1.56 bits per heavy atom. The van der Waals surface area contributed by atoms with Crippen molar-refractivity contribution in [2.75, 3.05) is 0 Å². The fourth-order valence-electron chi connectivity index (χ4n) is 9.94. The summed E-state index contributed by atoms with van der Waals surface area (Å²) in [6.45, 7) is 21.1. The molecule has 4 saturated carbocycles. The van der Waals surface area contributed by atoms with Crippen molar-refractivity contribution in [3.63, 3.8) is 0 Å². The van der Waals surface area contributed by atoms with Gasteiger partial charge in [-0.25, -0.2) is 0 Å². The van der Waals surface area contributed by atoms with E-state index in [1.54, 1.807) is 0 Å². The highest BCUT2D eigenvalue weighted by atomic mass is 16.3. The van der Waals surface area contributed by atoms with Crippen LogP contribution in [0, 0.1) is 45.3 Å². The first-order valence-electron chi connectivity index (χ1n) is 13.5. The van der Waals surface area contributed by atoms with E-state index in [1.807, 2.05) is 0 Å². The molecule has 9 atom stereocenters. The van der Waals surface area contributed by atoms with E-state index in [0.29, 0.717) is 23.7 Å². The molecule has 2 unspecified atom stereocenters. The van der Waals surface area contributed by atoms with Crippen LogP contribution >= 0.6 is 0 Å². The van der Waals surface area contributed by atoms with Crippen molar-refractivity contribution in [2.24, 2.45) is 45.3 Å². The third kappa shape index (κ3) is 3.33. The SMILES string of the molecule is C=C(CCC=C(C)C)[C@H]1CC[C@]2(C)[C@@H]1C(O)C[C@@H]1[C@@]3(C)CCC(O)C(C)(C)[C@@H]3CC[C@]12C. The Morgan fingerprint density at radius 1 is 0.906 bits per heavy atom. The molecule has 0 aromatic heterocycles. The van der Waals surface area contributed by atoms with Crippen molar-refractivity contribution in [1.29, 1.82) is 0 Å². The van der Waals surface area contributed by atoms with Gasteiger partial charge in [0.15, 0.2) is 0 Å². The summed E-state index contributed by atoms with van der Waals surface area (Å²) in [5.74, 6) is 1.90. The molecule has 0 saturated heterocycles. The van der Waals surface area contributed by atoms with Crippen molar-refractivity contribution in [1.82, 2.24) is 0 Å². The molecule has 0 spiro atoms. The zero-order chi connectivity index (χ0) is 23.7. The molecule has 4 fully saturated rings. The highest BCUT2D eigenvalue weighted by molar-refractivity contribution is 5.22. The number of hydrogen-bond donors (Lipinski definition) is 2. The number of aliphatic hydroxyl groups is 2. The number of hydrogen-bond acceptors (Lipinski definition) is 2. The minimum Gasteiger partial charge on any atom is -0.393 e. The van der Waals surface area contributed by atoms with Gasteiger partial charge in [0.05, 0.1) is 12.2 Å². The summed E-state index contributed by atoms with van der Waals surface area (Å²) in [5, 5.41) is 22.6. The molecule has 0 aliphatic heterocycles. The Hall–Kier alpha value is -0.600. The summed E-state index contributed by atoms with van der Waals surface area (Å²) in [4.78, 5) is 0. The minimum absolute atomic E-state index is 0.0333. The first-order valence-corrected chi connectivity index (χ1v) is 13.5. The van der Waals surface area contributed by atoms with Crippen LogP contribution < -0.4 is 0 Å². The molecule has 0 heterocycles. The van der Waals surface area contributed by atoms with Gasteiger partial charge in [-0.05, 0) is 117 Å². The lowest BCUT2D eigenvalue weighted by molar-refractivity contribution is -0.240. The number of aliphatic hydroxyl groups excluding tert-OH is 2. The molecular formula is C30H50O2. The zero-order valence-corrected chi connectivity index (χ0v) is 22.0. The van der Waals surface area contributed by atoms with Crippen LogP contribution in [-0.2, 0) is 0 Å². The molecule has 0 bridgehead atoms. The Balaban J connectivity index is 1.64. The third-order valence-electron chi connectivity index (χ3n) is 11.9. The van der Waals surface area contributed by atoms with Crippen molar-refractivity contribution in [2.45, 2.75) is 118 Å². The average molecular weight is 443 g/mol. The molecule has 4 rings (SSSR count). The van der Waals surface area contributed by atoms with Gasteiger partial charge in [0.1, 0.15) is 0 Å². The summed E-state index contributed by atoms with van der Waals surface area (Å²) in [6, 6.07) is 0. The van der Waals surface area contributed by atoms with Gasteiger partial charge in [-0.1, -0.05) is 58.4 Å². The normalized spacial score (nSPS) is 49.5. The van der Waals surface area contributed by atoms with E-state index in [9.17, 15) is 10.2 Å². The maximum absolute atomic E-state index is 11.7. The maximum Gasteiger partial charge on any atom is 0.0594 e. The largest absolute Gasteiger partial charge is 0.393 e. The number of fused-ring (bicyclic) bond motifs is 5. The van der Waals surface area contributed by atoms with E-state index in [1.165, 1.54) is 36.8 Å². The molecule has 32 heavy (non-hydrogen) atoms. The predicted molar refractivity (Wildman–Crippen MR) is 134 cm³/mol. The second kappa shape index (κ2) is 7.98. The van der Waals surface area contributed by atoms with E-state index in [-0.39, 0.29) is 33.9 Å². The van der Waals surface area contributed by atoms with E-state index in [0.717, 1.165) is 32.1 Å². The average Bonchev–Trinajstić information content (AvgIpc) is 3.07. The number of allylic oxidation sites excluding steroid dienone is 3. The van der Waals surface area contributed by atoms with Crippen LogP contribution in [0.2, 0.25) is 0 Å². The molecule has 2 heteroatoms. The third-order valence-corrected chi connectivity index (χ3v) is 11.9. The van der Waals surface area contributed by atoms with Crippen LogP contribution in [0.1, 0.15) is 106 Å². The van der Waals surface area contributed by atoms with E-state index < -0.39 is 0 Å². The molecular weight excluding hydrogens is 392 g/mol. The second-order valence-electron chi connectivity index (χ2n) is 13.8. The Kier molecular flexibility index (Phi) is 6.11. The standard InChI is InChI=1S/C30H50O2/c1-19(2)10-9-11-20(3)21-12-16-30(8)26(21)22(31)18-24-28(6)15-14-25(32)27(4,5)23(28)13-17-29(24,30)7/h10,21-26,31-32H,3,9,11-18H2,1-2,4-8H3/t21-,22?,23+,24-,25?,26+,28+,29-,30-/m1/s1. The monoisotopic (exact) mass is 442 g/mol. The smallest absolute Gasteiger partial charge is 0.0594 e. The zero-order valence-electron chi connectivity index (χ0n) is 22.0. The predicted octanol–water partition coefficient (Wildman–Crippen LogP) is 7.31. The topological polar surface area (TPSA) is 40.5 Å². The van der Waals surface area contributed by atoms with Gasteiger partial charge in [0.2, 0.25) is 0 Å². The van der Waals surface area contributed by atoms with Crippen LogP contribution in [-0.4, -0.2) is 22.4 Å². The van der Waals surface area contributed by atoms with Gasteiger partial charge in [0.25, 0.3) is 0 Å². The Bertz CT molecular complexity index is 776. The number of rotatable bonds is 4. The fraction of sp³-hybridized carbons (Fsp3) is 0.867. The van der Waals surface area contributed by atoms with Crippen LogP contribution in [0.5, 0.6) is 0 Å². The highest BCUT2D eigenvalue weighted by Gasteiger charge is 2.70. The lowest BCUT2D eigenvalue weighted by Crippen LogP contribution is -2.66. The summed E-state index contributed by atoms with van der Waals surface area (Å²) in [5.41, 5.74) is 3.37. The summed E-state index contributed by atoms with van der Waals surface area (Å²) < 4.78 is 0. The van der Waals surface area contributed by atoms with E-state index >= 15 is 0 Å². The molecule has 0 radical (unpaired) electrons. The summed E-state index contributed by atoms with van der Waals surface area (Å²) in [6.07, 6.45) is 11.9.